The summed E-state index contributed by atoms with van der Waals surface area (Å²) in [6, 6.07) is 1.47. The van der Waals surface area contributed by atoms with E-state index in [0.29, 0.717) is 21.3 Å². The predicted molar refractivity (Wildman–Crippen MR) is 77.6 cm³/mol. The maximum Gasteiger partial charge on any atom is 0.250 e. The molecule has 1 unspecified atom stereocenters. The van der Waals surface area contributed by atoms with Gasteiger partial charge in [0, 0.05) is 6.54 Å². The molecular weight excluding hydrogens is 366 g/mol. The molecule has 0 bridgehead atoms. The van der Waals surface area contributed by atoms with Crippen molar-refractivity contribution in [3.05, 3.63) is 14.9 Å². The zero-order valence-electron chi connectivity index (χ0n) is 8.78. The number of hydrogen-bond donors (Lipinski definition) is 1. The molecule has 0 saturated carbocycles. The fourth-order valence-electron chi connectivity index (χ4n) is 1.50. The molecule has 1 aliphatic rings. The summed E-state index contributed by atoms with van der Waals surface area (Å²) in [4.78, 5) is 0. The van der Waals surface area contributed by atoms with Crippen LogP contribution in [0.2, 0.25) is 5.02 Å². The molecule has 1 fully saturated rings. The van der Waals surface area contributed by atoms with Gasteiger partial charge in [0.1, 0.15) is 4.21 Å². The van der Waals surface area contributed by atoms with Crippen molar-refractivity contribution in [3.8, 4) is 0 Å². The number of hydrogen-bond acceptors (Lipinski definition) is 4. The average molecular weight is 377 g/mol. The third-order valence-corrected chi connectivity index (χ3v) is 8.08. The second kappa shape index (κ2) is 5.79. The lowest BCUT2D eigenvalue weighted by Gasteiger charge is -2.09. The van der Waals surface area contributed by atoms with E-state index in [4.69, 9.17) is 11.6 Å². The molecule has 0 aromatic carbocycles. The first-order valence-electron chi connectivity index (χ1n) is 5.01. The van der Waals surface area contributed by atoms with Crippen molar-refractivity contribution in [2.24, 2.45) is 5.92 Å². The number of thiophene rings is 1. The van der Waals surface area contributed by atoms with Crippen LogP contribution >= 0.6 is 50.6 Å². The van der Waals surface area contributed by atoms with Crippen LogP contribution < -0.4 is 4.72 Å². The average Bonchev–Trinajstić information content (AvgIpc) is 2.87. The zero-order chi connectivity index (χ0) is 12.5. The molecule has 1 aromatic heterocycles. The van der Waals surface area contributed by atoms with E-state index < -0.39 is 10.0 Å². The maximum atomic E-state index is 12.0. The summed E-state index contributed by atoms with van der Waals surface area (Å²) in [6.07, 6.45) is 1.09. The van der Waals surface area contributed by atoms with Gasteiger partial charge in [0.05, 0.1) is 8.81 Å². The topological polar surface area (TPSA) is 46.2 Å². The van der Waals surface area contributed by atoms with Crippen LogP contribution in [0.15, 0.2) is 14.1 Å². The van der Waals surface area contributed by atoms with E-state index in [1.54, 1.807) is 0 Å². The molecular formula is C9H11BrClNO2S3. The highest BCUT2D eigenvalue weighted by Crippen LogP contribution is 2.34. The Hall–Kier alpha value is 0.730. The van der Waals surface area contributed by atoms with Gasteiger partial charge in [-0.15, -0.1) is 11.3 Å². The normalized spacial score (nSPS) is 20.9. The van der Waals surface area contributed by atoms with E-state index in [2.05, 4.69) is 20.7 Å². The summed E-state index contributed by atoms with van der Waals surface area (Å²) in [5.74, 6) is 2.62. The zero-order valence-corrected chi connectivity index (χ0v) is 13.6. The van der Waals surface area contributed by atoms with E-state index in [1.807, 2.05) is 11.8 Å². The fraction of sp³-hybridized carbons (Fsp3) is 0.556. The van der Waals surface area contributed by atoms with Gasteiger partial charge in [0.25, 0.3) is 0 Å². The van der Waals surface area contributed by atoms with Crippen molar-refractivity contribution in [1.29, 1.82) is 0 Å². The first kappa shape index (κ1) is 14.1. The minimum absolute atomic E-state index is 0.264. The molecule has 2 heterocycles. The van der Waals surface area contributed by atoms with Crippen LogP contribution in [0.3, 0.4) is 0 Å². The van der Waals surface area contributed by atoms with Gasteiger partial charge in [0.15, 0.2) is 0 Å². The molecule has 1 saturated heterocycles. The summed E-state index contributed by atoms with van der Waals surface area (Å²) >= 11 is 12.1. The molecule has 1 aliphatic heterocycles. The van der Waals surface area contributed by atoms with Gasteiger partial charge < -0.3 is 0 Å². The molecule has 1 aromatic rings. The molecule has 0 spiro atoms. The lowest BCUT2D eigenvalue weighted by Crippen LogP contribution is -2.28. The molecule has 17 heavy (non-hydrogen) atoms. The Morgan fingerprint density at radius 2 is 2.35 bits per heavy atom. The summed E-state index contributed by atoms with van der Waals surface area (Å²) in [7, 11) is -3.40. The van der Waals surface area contributed by atoms with Gasteiger partial charge in [-0.2, -0.15) is 11.8 Å². The van der Waals surface area contributed by atoms with E-state index in [0.717, 1.165) is 29.3 Å². The largest absolute Gasteiger partial charge is 0.250 e. The molecule has 3 nitrogen and oxygen atoms in total. The standard InChI is InChI=1S/C9H11BrClNO2S3/c10-9-7(11)3-8(16-9)17(13,14)12-4-6-1-2-15-5-6/h3,6,12H,1-2,4-5H2. The van der Waals surface area contributed by atoms with Crippen molar-refractivity contribution in [2.45, 2.75) is 10.6 Å². The number of rotatable bonds is 4. The Bertz CT molecular complexity index is 477. The van der Waals surface area contributed by atoms with Crippen LogP contribution in [-0.4, -0.2) is 26.5 Å². The van der Waals surface area contributed by atoms with Gasteiger partial charge in [-0.05, 0) is 45.8 Å². The summed E-state index contributed by atoms with van der Waals surface area (Å²) < 4.78 is 27.5. The van der Waals surface area contributed by atoms with Crippen LogP contribution in [0.1, 0.15) is 6.42 Å². The monoisotopic (exact) mass is 375 g/mol. The third-order valence-electron chi connectivity index (χ3n) is 2.47. The van der Waals surface area contributed by atoms with Gasteiger partial charge in [-0.25, -0.2) is 13.1 Å². The second-order valence-electron chi connectivity index (χ2n) is 3.77. The molecule has 0 aliphatic carbocycles. The van der Waals surface area contributed by atoms with Crippen molar-refractivity contribution in [1.82, 2.24) is 4.72 Å². The maximum absolute atomic E-state index is 12.0. The Kier molecular flexibility index (Phi) is 4.82. The summed E-state index contributed by atoms with van der Waals surface area (Å²) in [6.45, 7) is 0.516. The molecule has 8 heteroatoms. The quantitative estimate of drug-likeness (QED) is 0.878. The van der Waals surface area contributed by atoms with Crippen molar-refractivity contribution < 1.29 is 8.42 Å². The van der Waals surface area contributed by atoms with Gasteiger partial charge in [-0.3, -0.25) is 0 Å². The molecule has 1 atom stereocenters. The smallest absolute Gasteiger partial charge is 0.210 e. The van der Waals surface area contributed by atoms with E-state index in [-0.39, 0.29) is 4.21 Å². The van der Waals surface area contributed by atoms with Crippen LogP contribution in [0.4, 0.5) is 0 Å². The predicted octanol–water partition coefficient (Wildman–Crippen LogP) is 3.20. The van der Waals surface area contributed by atoms with Crippen molar-refractivity contribution in [3.63, 3.8) is 0 Å². The van der Waals surface area contributed by atoms with Crippen molar-refractivity contribution in [2.75, 3.05) is 18.1 Å². The van der Waals surface area contributed by atoms with E-state index in [1.165, 1.54) is 6.07 Å². The van der Waals surface area contributed by atoms with Crippen LogP contribution in [0, 0.1) is 5.92 Å². The minimum atomic E-state index is -3.40. The highest BCUT2D eigenvalue weighted by molar-refractivity contribution is 9.11. The van der Waals surface area contributed by atoms with E-state index >= 15 is 0 Å². The summed E-state index contributed by atoms with van der Waals surface area (Å²) in [5.41, 5.74) is 0. The first-order chi connectivity index (χ1) is 7.99. The Morgan fingerprint density at radius 1 is 1.59 bits per heavy atom. The fourth-order valence-corrected chi connectivity index (χ4v) is 6.35. The SMILES string of the molecule is O=S(=O)(NCC1CCSC1)c1cc(Cl)c(Br)s1. The van der Waals surface area contributed by atoms with Crippen LogP contribution in [0.25, 0.3) is 0 Å². The van der Waals surface area contributed by atoms with Crippen LogP contribution in [0.5, 0.6) is 0 Å². The van der Waals surface area contributed by atoms with Gasteiger partial charge in [-0.1, -0.05) is 11.6 Å². The van der Waals surface area contributed by atoms with Crippen LogP contribution in [-0.2, 0) is 10.0 Å². The number of thioether (sulfide) groups is 1. The molecule has 1 N–H and O–H groups in total. The highest BCUT2D eigenvalue weighted by Gasteiger charge is 2.22. The minimum Gasteiger partial charge on any atom is -0.210 e. The molecule has 0 radical (unpaired) electrons. The lowest BCUT2D eigenvalue weighted by atomic mass is 10.1. The Balaban J connectivity index is 2.03. The van der Waals surface area contributed by atoms with Gasteiger partial charge in [0.2, 0.25) is 10.0 Å². The number of nitrogens with one attached hydrogen (secondary N) is 1. The number of halogens is 2. The lowest BCUT2D eigenvalue weighted by molar-refractivity contribution is 0.547. The molecule has 2 rings (SSSR count). The second-order valence-corrected chi connectivity index (χ2v) is 9.69. The molecule has 96 valence electrons. The van der Waals surface area contributed by atoms with Gasteiger partial charge >= 0.3 is 0 Å². The van der Waals surface area contributed by atoms with Crippen molar-refractivity contribution >= 4 is 60.7 Å². The number of sulfonamides is 1. The Morgan fingerprint density at radius 3 is 2.88 bits per heavy atom. The summed E-state index contributed by atoms with van der Waals surface area (Å²) in [5, 5.41) is 0.437. The Labute approximate surface area is 122 Å². The molecule has 0 amide bonds. The first-order valence-corrected chi connectivity index (χ1v) is 9.64. The third kappa shape index (κ3) is 3.61. The highest BCUT2D eigenvalue weighted by atomic mass is 79.9. The van der Waals surface area contributed by atoms with E-state index in [9.17, 15) is 8.42 Å².